The Morgan fingerprint density at radius 3 is 2.35 bits per heavy atom. The van der Waals surface area contributed by atoms with Gasteiger partial charge in [0.2, 0.25) is 6.71 Å². The molecule has 0 aliphatic heterocycles. The van der Waals surface area contributed by atoms with Crippen LogP contribution >= 0.6 is 11.6 Å². The van der Waals surface area contributed by atoms with Gasteiger partial charge in [0.25, 0.3) is 0 Å². The van der Waals surface area contributed by atoms with Gasteiger partial charge in [0.1, 0.15) is 0 Å². The summed E-state index contributed by atoms with van der Waals surface area (Å²) in [7, 11) is 0. The zero-order valence-electron chi connectivity index (χ0n) is 9.64. The van der Waals surface area contributed by atoms with Crippen LogP contribution in [-0.2, 0) is 0 Å². The average Bonchev–Trinajstić information content (AvgIpc) is 2.37. The molecule has 0 atom stereocenters. The quantitative estimate of drug-likeness (QED) is 0.569. The van der Waals surface area contributed by atoms with E-state index in [1.165, 1.54) is 10.9 Å². The molecule has 0 aliphatic rings. The summed E-state index contributed by atoms with van der Waals surface area (Å²) in [5.74, 6) is 0. The minimum absolute atomic E-state index is 0.340. The molecule has 2 aromatic rings. The largest absolute Gasteiger partial charge is 0.213 e. The van der Waals surface area contributed by atoms with Crippen LogP contribution in [0.15, 0.2) is 67.3 Å². The lowest BCUT2D eigenvalue weighted by atomic mass is 9.39. The normalized spacial score (nSPS) is 9.94. The van der Waals surface area contributed by atoms with Crippen molar-refractivity contribution in [3.8, 4) is 0 Å². The Hall–Kier alpha value is -1.47. The Kier molecular flexibility index (Phi) is 4.05. The summed E-state index contributed by atoms with van der Waals surface area (Å²) in [4.78, 5) is 0. The molecule has 0 saturated carbocycles. The van der Waals surface area contributed by atoms with E-state index in [2.05, 4.69) is 36.9 Å². The van der Waals surface area contributed by atoms with Gasteiger partial charge in [-0.3, -0.25) is 0 Å². The second-order valence-electron chi connectivity index (χ2n) is 4.04. The Balaban J connectivity index is 2.39. The van der Waals surface area contributed by atoms with E-state index in [9.17, 15) is 0 Å². The highest BCUT2D eigenvalue weighted by molar-refractivity contribution is 6.85. The Labute approximate surface area is 108 Å². The number of benzene rings is 2. The zero-order valence-corrected chi connectivity index (χ0v) is 10.4. The van der Waals surface area contributed by atoms with Gasteiger partial charge in [-0.1, -0.05) is 71.1 Å². The van der Waals surface area contributed by atoms with Gasteiger partial charge in [-0.05, 0) is 18.5 Å². The van der Waals surface area contributed by atoms with Gasteiger partial charge in [0, 0.05) is 5.02 Å². The van der Waals surface area contributed by atoms with Gasteiger partial charge in [-0.25, -0.2) is 0 Å². The van der Waals surface area contributed by atoms with Crippen molar-refractivity contribution in [1.82, 2.24) is 0 Å². The van der Waals surface area contributed by atoms with E-state index < -0.39 is 0 Å². The van der Waals surface area contributed by atoms with Crippen LogP contribution in [0.3, 0.4) is 0 Å². The van der Waals surface area contributed by atoms with E-state index in [0.29, 0.717) is 6.71 Å². The Bertz CT molecular complexity index is 493. The van der Waals surface area contributed by atoms with Crippen molar-refractivity contribution in [3.05, 3.63) is 72.3 Å². The van der Waals surface area contributed by atoms with Crippen LogP contribution < -0.4 is 10.9 Å². The number of halogens is 1. The lowest BCUT2D eigenvalue weighted by Crippen LogP contribution is -2.41. The van der Waals surface area contributed by atoms with Crippen molar-refractivity contribution in [2.75, 3.05) is 0 Å². The summed E-state index contributed by atoms with van der Waals surface area (Å²) in [5, 5.41) is 0.785. The molecule has 2 rings (SSSR count). The van der Waals surface area contributed by atoms with Crippen LogP contribution in [0, 0.1) is 0 Å². The fraction of sp³-hybridized carbons (Fsp3) is 0.0667. The lowest BCUT2D eigenvalue weighted by Gasteiger charge is -2.12. The van der Waals surface area contributed by atoms with Crippen molar-refractivity contribution in [2.45, 2.75) is 6.32 Å². The van der Waals surface area contributed by atoms with Crippen molar-refractivity contribution in [2.24, 2.45) is 0 Å². The first-order chi connectivity index (χ1) is 8.31. The second kappa shape index (κ2) is 5.74. The molecule has 0 heterocycles. The van der Waals surface area contributed by atoms with Gasteiger partial charge in [-0.2, -0.15) is 0 Å². The van der Waals surface area contributed by atoms with Gasteiger partial charge < -0.3 is 0 Å². The van der Waals surface area contributed by atoms with Crippen molar-refractivity contribution >= 4 is 29.2 Å². The van der Waals surface area contributed by atoms with Crippen LogP contribution in [0.2, 0.25) is 11.3 Å². The summed E-state index contributed by atoms with van der Waals surface area (Å²) in [5.41, 5.74) is 2.54. The molecular formula is C15H14BCl. The molecule has 0 N–H and O–H groups in total. The third kappa shape index (κ3) is 3.01. The molecule has 84 valence electrons. The lowest BCUT2D eigenvalue weighted by molar-refractivity contribution is 1.63. The van der Waals surface area contributed by atoms with Crippen LogP contribution in [0.1, 0.15) is 0 Å². The number of hydrogen-bond acceptors (Lipinski definition) is 0. The monoisotopic (exact) mass is 240 g/mol. The van der Waals surface area contributed by atoms with E-state index in [0.717, 1.165) is 11.3 Å². The maximum absolute atomic E-state index is 6.05. The topological polar surface area (TPSA) is 0 Å². The molecule has 17 heavy (non-hydrogen) atoms. The van der Waals surface area contributed by atoms with Crippen LogP contribution in [0.5, 0.6) is 0 Å². The van der Waals surface area contributed by atoms with Crippen LogP contribution in [0.25, 0.3) is 0 Å². The molecule has 2 aromatic carbocycles. The van der Waals surface area contributed by atoms with E-state index in [1.807, 2.05) is 30.3 Å². The number of allylic oxidation sites excluding steroid dienone is 1. The first-order valence-electron chi connectivity index (χ1n) is 5.72. The molecule has 0 radical (unpaired) electrons. The minimum Gasteiger partial charge on any atom is -0.104 e. The SMILES string of the molecule is C=CCB(c1ccccc1)c1cccc(Cl)c1. The smallest absolute Gasteiger partial charge is 0.104 e. The van der Waals surface area contributed by atoms with Crippen molar-refractivity contribution < 1.29 is 0 Å². The Morgan fingerprint density at radius 1 is 1.00 bits per heavy atom. The fourth-order valence-corrected chi connectivity index (χ4v) is 2.24. The van der Waals surface area contributed by atoms with Gasteiger partial charge in [0.15, 0.2) is 0 Å². The predicted octanol–water partition coefficient (Wildman–Crippen LogP) is 3.14. The highest BCUT2D eigenvalue weighted by Crippen LogP contribution is 2.06. The fourth-order valence-electron chi connectivity index (χ4n) is 2.04. The van der Waals surface area contributed by atoms with Gasteiger partial charge in [-0.15, -0.1) is 6.58 Å². The van der Waals surface area contributed by atoms with Crippen molar-refractivity contribution in [1.29, 1.82) is 0 Å². The van der Waals surface area contributed by atoms with E-state index >= 15 is 0 Å². The number of hydrogen-bond donors (Lipinski definition) is 0. The molecule has 0 bridgehead atoms. The van der Waals surface area contributed by atoms with Crippen LogP contribution in [0.4, 0.5) is 0 Å². The molecule has 0 spiro atoms. The second-order valence-corrected chi connectivity index (χ2v) is 4.48. The molecule has 0 amide bonds. The summed E-state index contributed by atoms with van der Waals surface area (Å²) in [6.45, 7) is 4.18. The summed E-state index contributed by atoms with van der Waals surface area (Å²) in [6, 6.07) is 18.5. The first kappa shape index (κ1) is 12.0. The third-order valence-corrected chi connectivity index (χ3v) is 3.09. The van der Waals surface area contributed by atoms with Crippen LogP contribution in [-0.4, -0.2) is 6.71 Å². The molecule has 0 aliphatic carbocycles. The maximum Gasteiger partial charge on any atom is 0.213 e. The molecule has 0 aromatic heterocycles. The highest BCUT2D eigenvalue weighted by atomic mass is 35.5. The molecular weight excluding hydrogens is 226 g/mol. The van der Waals surface area contributed by atoms with E-state index in [4.69, 9.17) is 11.6 Å². The standard InChI is InChI=1S/C15H14BCl/c1-2-11-16(13-7-4-3-5-8-13)14-9-6-10-15(17)12-14/h2-10,12H,1,11H2. The molecule has 0 fully saturated rings. The minimum atomic E-state index is 0.340. The zero-order chi connectivity index (χ0) is 12.1. The maximum atomic E-state index is 6.05. The Morgan fingerprint density at radius 2 is 1.71 bits per heavy atom. The molecule has 0 nitrogen and oxygen atoms in total. The number of rotatable bonds is 4. The highest BCUT2D eigenvalue weighted by Gasteiger charge is 2.16. The van der Waals surface area contributed by atoms with E-state index in [1.54, 1.807) is 0 Å². The molecule has 0 saturated heterocycles. The average molecular weight is 241 g/mol. The third-order valence-electron chi connectivity index (χ3n) is 2.86. The summed E-state index contributed by atoms with van der Waals surface area (Å²) < 4.78 is 0. The summed E-state index contributed by atoms with van der Waals surface area (Å²) >= 11 is 6.05. The predicted molar refractivity (Wildman–Crippen MR) is 77.9 cm³/mol. The first-order valence-corrected chi connectivity index (χ1v) is 6.10. The van der Waals surface area contributed by atoms with Gasteiger partial charge >= 0.3 is 0 Å². The van der Waals surface area contributed by atoms with E-state index in [-0.39, 0.29) is 0 Å². The molecule has 2 heteroatoms. The molecule has 0 unspecified atom stereocenters. The van der Waals surface area contributed by atoms with Crippen molar-refractivity contribution in [3.63, 3.8) is 0 Å². The van der Waals surface area contributed by atoms with Gasteiger partial charge in [0.05, 0.1) is 0 Å². The summed E-state index contributed by atoms with van der Waals surface area (Å²) in [6.07, 6.45) is 2.88.